The number of nitrogens with two attached hydrogens (primary N) is 1. The van der Waals surface area contributed by atoms with Crippen molar-refractivity contribution in [1.29, 1.82) is 0 Å². The van der Waals surface area contributed by atoms with Gasteiger partial charge in [0.15, 0.2) is 5.76 Å². The molecule has 1 saturated carbocycles. The molecule has 1 aromatic rings. The lowest BCUT2D eigenvalue weighted by Gasteiger charge is -2.31. The Kier molecular flexibility index (Phi) is 4.18. The largest absolute Gasteiger partial charge is 0.370 e. The number of rotatable bonds is 4. The predicted molar refractivity (Wildman–Crippen MR) is 65.2 cm³/mol. The van der Waals surface area contributed by atoms with Gasteiger partial charge in [0.2, 0.25) is 0 Å². The molecular weight excluding hydrogens is 216 g/mol. The molecule has 0 aliphatic heterocycles. The number of hydrogen-bond donors (Lipinski definition) is 1. The van der Waals surface area contributed by atoms with Crippen molar-refractivity contribution in [1.82, 2.24) is 5.16 Å². The molecule has 1 aromatic heterocycles. The highest BCUT2D eigenvalue weighted by atomic mass is 16.5. The van der Waals surface area contributed by atoms with Crippen LogP contribution in [0.3, 0.4) is 0 Å². The molecule has 17 heavy (non-hydrogen) atoms. The van der Waals surface area contributed by atoms with E-state index in [1.54, 1.807) is 0 Å². The summed E-state index contributed by atoms with van der Waals surface area (Å²) in [4.78, 5) is 0. The number of aromatic nitrogens is 1. The minimum absolute atomic E-state index is 0.361. The molecule has 0 radical (unpaired) electrons. The Hall–Kier alpha value is -0.870. The highest BCUT2D eigenvalue weighted by Crippen LogP contribution is 2.30. The minimum Gasteiger partial charge on any atom is -0.370 e. The quantitative estimate of drug-likeness (QED) is 0.875. The molecule has 2 atom stereocenters. The molecule has 0 bridgehead atoms. The van der Waals surface area contributed by atoms with Crippen LogP contribution in [0.25, 0.3) is 0 Å². The first kappa shape index (κ1) is 12.6. The van der Waals surface area contributed by atoms with Crippen molar-refractivity contribution in [3.8, 4) is 0 Å². The van der Waals surface area contributed by atoms with Crippen LogP contribution in [0, 0.1) is 11.8 Å². The van der Waals surface area contributed by atoms with E-state index in [-0.39, 0.29) is 0 Å². The van der Waals surface area contributed by atoms with Gasteiger partial charge in [-0.2, -0.15) is 0 Å². The second kappa shape index (κ2) is 5.65. The van der Waals surface area contributed by atoms with E-state index in [1.807, 2.05) is 6.07 Å². The van der Waals surface area contributed by atoms with Crippen LogP contribution in [0.2, 0.25) is 0 Å². The third-order valence-electron chi connectivity index (χ3n) is 3.41. The molecule has 2 N–H and O–H groups in total. The van der Waals surface area contributed by atoms with E-state index < -0.39 is 0 Å². The van der Waals surface area contributed by atoms with Gasteiger partial charge in [-0.15, -0.1) is 0 Å². The summed E-state index contributed by atoms with van der Waals surface area (Å²) >= 11 is 0. The molecule has 2 rings (SSSR count). The average Bonchev–Trinajstić information content (AvgIpc) is 2.73. The summed E-state index contributed by atoms with van der Waals surface area (Å²) in [6.07, 6.45) is 3.99. The lowest BCUT2D eigenvalue weighted by molar-refractivity contribution is -0.0172. The highest BCUT2D eigenvalue weighted by molar-refractivity contribution is 5.03. The summed E-state index contributed by atoms with van der Waals surface area (Å²) < 4.78 is 11.0. The molecule has 4 heteroatoms. The van der Waals surface area contributed by atoms with Gasteiger partial charge in [-0.1, -0.05) is 19.0 Å². The maximum Gasteiger partial charge on any atom is 0.162 e. The Labute approximate surface area is 102 Å². The molecule has 0 aromatic carbocycles. The van der Waals surface area contributed by atoms with Gasteiger partial charge in [0.25, 0.3) is 0 Å². The van der Waals surface area contributed by atoms with Crippen molar-refractivity contribution in [2.24, 2.45) is 17.6 Å². The summed E-state index contributed by atoms with van der Waals surface area (Å²) in [5, 5.41) is 3.85. The van der Waals surface area contributed by atoms with Crippen molar-refractivity contribution >= 4 is 0 Å². The molecule has 4 nitrogen and oxygen atoms in total. The molecule has 1 fully saturated rings. The van der Waals surface area contributed by atoms with Crippen LogP contribution in [-0.4, -0.2) is 11.3 Å². The first-order valence-electron chi connectivity index (χ1n) is 6.43. The molecule has 0 spiro atoms. The highest BCUT2D eigenvalue weighted by Gasteiger charge is 2.24. The van der Waals surface area contributed by atoms with E-state index in [0.29, 0.717) is 19.3 Å². The van der Waals surface area contributed by atoms with Crippen LogP contribution < -0.4 is 5.73 Å². The summed E-state index contributed by atoms with van der Waals surface area (Å²) in [6, 6.07) is 1.87. The maximum absolute atomic E-state index is 5.89. The maximum atomic E-state index is 5.89. The lowest BCUT2D eigenvalue weighted by Crippen LogP contribution is -2.26. The first-order chi connectivity index (χ1) is 8.17. The molecule has 0 saturated heterocycles. The second-order valence-electron chi connectivity index (χ2n) is 5.34. The fraction of sp³-hybridized carbons (Fsp3) is 0.769. The van der Waals surface area contributed by atoms with E-state index in [2.05, 4.69) is 19.0 Å². The zero-order valence-corrected chi connectivity index (χ0v) is 10.7. The Morgan fingerprint density at radius 3 is 2.65 bits per heavy atom. The normalized spacial score (nSPS) is 29.5. The van der Waals surface area contributed by atoms with Gasteiger partial charge in [-0.3, -0.25) is 0 Å². The first-order valence-corrected chi connectivity index (χ1v) is 6.43. The topological polar surface area (TPSA) is 61.3 Å². The zero-order chi connectivity index (χ0) is 12.3. The summed E-state index contributed by atoms with van der Waals surface area (Å²) in [6.45, 7) is 5.53. The fourth-order valence-electron chi connectivity index (χ4n) is 2.73. The Balaban J connectivity index is 1.81. The molecular formula is C13H22N2O2. The predicted octanol–water partition coefficient (Wildman–Crippen LogP) is 2.47. The number of ether oxygens (including phenoxy) is 1. The van der Waals surface area contributed by atoms with Crippen LogP contribution in [-0.2, 0) is 17.9 Å². The minimum atomic E-state index is 0.361. The molecule has 2 unspecified atom stereocenters. The zero-order valence-electron chi connectivity index (χ0n) is 10.7. The van der Waals surface area contributed by atoms with E-state index in [0.717, 1.165) is 36.1 Å². The third kappa shape index (κ3) is 3.54. The van der Waals surface area contributed by atoms with Crippen LogP contribution in [0.4, 0.5) is 0 Å². The van der Waals surface area contributed by atoms with E-state index in [4.69, 9.17) is 15.0 Å². The van der Waals surface area contributed by atoms with E-state index in [1.165, 1.54) is 6.42 Å². The van der Waals surface area contributed by atoms with Crippen molar-refractivity contribution < 1.29 is 9.26 Å². The molecule has 0 amide bonds. The summed E-state index contributed by atoms with van der Waals surface area (Å²) in [5.74, 6) is 2.30. The van der Waals surface area contributed by atoms with Crippen molar-refractivity contribution in [3.63, 3.8) is 0 Å². The molecule has 96 valence electrons. The molecule has 1 heterocycles. The van der Waals surface area contributed by atoms with Gasteiger partial charge in [-0.25, -0.2) is 0 Å². The van der Waals surface area contributed by atoms with Gasteiger partial charge >= 0.3 is 0 Å². The number of hydrogen-bond acceptors (Lipinski definition) is 4. The fourth-order valence-corrected chi connectivity index (χ4v) is 2.73. The van der Waals surface area contributed by atoms with Crippen LogP contribution in [0.1, 0.15) is 44.6 Å². The van der Waals surface area contributed by atoms with Gasteiger partial charge < -0.3 is 15.0 Å². The van der Waals surface area contributed by atoms with Crippen LogP contribution in [0.5, 0.6) is 0 Å². The van der Waals surface area contributed by atoms with Gasteiger partial charge in [0.1, 0.15) is 6.61 Å². The Morgan fingerprint density at radius 2 is 2.06 bits per heavy atom. The Bertz CT molecular complexity index is 341. The van der Waals surface area contributed by atoms with Crippen LogP contribution >= 0.6 is 0 Å². The van der Waals surface area contributed by atoms with Gasteiger partial charge in [-0.05, 0) is 31.1 Å². The van der Waals surface area contributed by atoms with Gasteiger partial charge in [0, 0.05) is 12.6 Å². The monoisotopic (exact) mass is 238 g/mol. The van der Waals surface area contributed by atoms with Crippen molar-refractivity contribution in [2.75, 3.05) is 0 Å². The smallest absolute Gasteiger partial charge is 0.162 e. The summed E-state index contributed by atoms with van der Waals surface area (Å²) in [5.41, 5.74) is 6.26. The lowest BCUT2D eigenvalue weighted by atomic mass is 9.82. The standard InChI is InChI=1S/C13H22N2O2/c1-9-3-10(2)5-12(4-9)16-8-13-6-11(7-14)15-17-13/h6,9-10,12H,3-5,7-8,14H2,1-2H3. The Morgan fingerprint density at radius 1 is 1.35 bits per heavy atom. The van der Waals surface area contributed by atoms with Gasteiger partial charge in [0.05, 0.1) is 11.8 Å². The average molecular weight is 238 g/mol. The SMILES string of the molecule is CC1CC(C)CC(OCc2cc(CN)no2)C1. The van der Waals surface area contributed by atoms with Crippen LogP contribution in [0.15, 0.2) is 10.6 Å². The third-order valence-corrected chi connectivity index (χ3v) is 3.41. The van der Waals surface area contributed by atoms with Crippen molar-refractivity contribution in [2.45, 2.75) is 52.4 Å². The van der Waals surface area contributed by atoms with E-state index in [9.17, 15) is 0 Å². The van der Waals surface area contributed by atoms with E-state index >= 15 is 0 Å². The second-order valence-corrected chi connectivity index (χ2v) is 5.34. The molecule has 1 aliphatic rings. The number of nitrogens with zero attached hydrogens (tertiary/aromatic N) is 1. The summed E-state index contributed by atoms with van der Waals surface area (Å²) in [7, 11) is 0. The van der Waals surface area contributed by atoms with Crippen molar-refractivity contribution in [3.05, 3.63) is 17.5 Å². The molecule has 1 aliphatic carbocycles.